The minimum Gasteiger partial charge on any atom is -0.498 e. The lowest BCUT2D eigenvalue weighted by molar-refractivity contribution is -0.136. The maximum Gasteiger partial charge on any atom is 0.303 e. The molecule has 1 N–H and O–H groups in total. The lowest BCUT2D eigenvalue weighted by atomic mass is 9.99. The Morgan fingerprint density at radius 3 is 2.53 bits per heavy atom. The van der Waals surface area contributed by atoms with Gasteiger partial charge in [0.1, 0.15) is 12.7 Å². The van der Waals surface area contributed by atoms with Gasteiger partial charge < -0.3 is 19.3 Å². The highest BCUT2D eigenvalue weighted by Crippen LogP contribution is 2.26. The van der Waals surface area contributed by atoms with E-state index in [2.05, 4.69) is 6.58 Å². The van der Waals surface area contributed by atoms with E-state index in [0.717, 1.165) is 59.6 Å². The Balaban J connectivity index is 1.64. The standard InChI is InChI=1S/C28H33NO5/c1-20(2)28(21(3)13-18-33-24-14-16-32-17-15-24)25-5-4-6-26(29-25)34-19-23-9-7-22(8-10-23)11-12-27(30)31/h4-10,13,18,24H,1,11-12,14-17,19H2,2-3H3,(H,30,31). The zero-order valence-electron chi connectivity index (χ0n) is 20.0. The molecule has 2 heterocycles. The summed E-state index contributed by atoms with van der Waals surface area (Å²) in [7, 11) is 0. The third kappa shape index (κ3) is 7.89. The molecule has 0 unspecified atom stereocenters. The van der Waals surface area contributed by atoms with E-state index in [1.807, 2.05) is 62.4 Å². The van der Waals surface area contributed by atoms with Crippen molar-refractivity contribution in [3.8, 4) is 5.88 Å². The van der Waals surface area contributed by atoms with Crippen LogP contribution in [0, 0.1) is 0 Å². The fraction of sp³-hybridized carbons (Fsp3) is 0.357. The Labute approximate surface area is 201 Å². The number of carboxylic acids is 1. The van der Waals surface area contributed by atoms with E-state index >= 15 is 0 Å². The first-order valence-electron chi connectivity index (χ1n) is 11.6. The summed E-state index contributed by atoms with van der Waals surface area (Å²) < 4.78 is 17.2. The highest BCUT2D eigenvalue weighted by Gasteiger charge is 2.13. The molecule has 0 aliphatic carbocycles. The van der Waals surface area contributed by atoms with Crippen molar-refractivity contribution in [1.29, 1.82) is 0 Å². The predicted molar refractivity (Wildman–Crippen MR) is 132 cm³/mol. The third-order valence-electron chi connectivity index (χ3n) is 5.60. The third-order valence-corrected chi connectivity index (χ3v) is 5.60. The first-order valence-corrected chi connectivity index (χ1v) is 11.6. The quantitative estimate of drug-likeness (QED) is 0.338. The molecule has 180 valence electrons. The number of aromatic nitrogens is 1. The Bertz CT molecular complexity index is 1030. The second-order valence-electron chi connectivity index (χ2n) is 8.45. The van der Waals surface area contributed by atoms with Gasteiger partial charge in [-0.05, 0) is 54.7 Å². The van der Waals surface area contributed by atoms with Crippen molar-refractivity contribution >= 4 is 11.5 Å². The van der Waals surface area contributed by atoms with Gasteiger partial charge in [-0.1, -0.05) is 36.9 Å². The molecule has 6 heteroatoms. The van der Waals surface area contributed by atoms with Crippen LogP contribution in [0.1, 0.15) is 49.9 Å². The number of hydrogen-bond acceptors (Lipinski definition) is 5. The van der Waals surface area contributed by atoms with Gasteiger partial charge in [-0.15, -0.1) is 0 Å². The Hall–Kier alpha value is -3.38. The average Bonchev–Trinajstić information content (AvgIpc) is 2.83. The van der Waals surface area contributed by atoms with Gasteiger partial charge in [0, 0.05) is 30.9 Å². The van der Waals surface area contributed by atoms with Crippen molar-refractivity contribution < 1.29 is 24.1 Å². The molecular weight excluding hydrogens is 430 g/mol. The van der Waals surface area contributed by atoms with Crippen LogP contribution in [0.15, 0.2) is 72.5 Å². The van der Waals surface area contributed by atoms with Crippen LogP contribution < -0.4 is 4.74 Å². The number of aryl methyl sites for hydroxylation is 1. The smallest absolute Gasteiger partial charge is 0.303 e. The molecule has 1 aromatic heterocycles. The number of allylic oxidation sites excluding steroid dienone is 4. The molecule has 1 saturated heterocycles. The minimum atomic E-state index is -0.792. The number of carbonyl (C=O) groups is 1. The number of carboxylic acid groups (broad SMARTS) is 1. The number of hydrogen-bond donors (Lipinski definition) is 1. The van der Waals surface area contributed by atoms with E-state index in [1.165, 1.54) is 0 Å². The molecule has 0 bridgehead atoms. The molecule has 1 fully saturated rings. The van der Waals surface area contributed by atoms with Crippen LogP contribution in [0.3, 0.4) is 0 Å². The van der Waals surface area contributed by atoms with Crippen molar-refractivity contribution in [2.45, 2.75) is 52.2 Å². The first-order chi connectivity index (χ1) is 16.4. The molecule has 0 atom stereocenters. The van der Waals surface area contributed by atoms with Gasteiger partial charge >= 0.3 is 5.97 Å². The Morgan fingerprint density at radius 2 is 1.85 bits per heavy atom. The van der Waals surface area contributed by atoms with Crippen molar-refractivity contribution in [2.24, 2.45) is 0 Å². The molecule has 2 aromatic rings. The number of nitrogens with zero attached hydrogens (tertiary/aromatic N) is 1. The lowest BCUT2D eigenvalue weighted by Crippen LogP contribution is -2.21. The molecule has 0 radical (unpaired) electrons. The molecule has 0 spiro atoms. The van der Waals surface area contributed by atoms with E-state index in [-0.39, 0.29) is 12.5 Å². The molecule has 3 rings (SSSR count). The SMILES string of the molecule is C=C(C)C(=C(C)C=COC1CCOCC1)c1cccc(OCc2ccc(CCC(=O)O)cc2)n1. The maximum atomic E-state index is 10.7. The summed E-state index contributed by atoms with van der Waals surface area (Å²) in [5.74, 6) is -0.263. The maximum absolute atomic E-state index is 10.7. The van der Waals surface area contributed by atoms with E-state index < -0.39 is 5.97 Å². The number of aliphatic carboxylic acids is 1. The van der Waals surface area contributed by atoms with E-state index in [1.54, 1.807) is 6.26 Å². The molecular formula is C28H33NO5. The number of ether oxygens (including phenoxy) is 3. The average molecular weight is 464 g/mol. The fourth-order valence-electron chi connectivity index (χ4n) is 3.75. The summed E-state index contributed by atoms with van der Waals surface area (Å²) in [6.45, 7) is 10.00. The van der Waals surface area contributed by atoms with Crippen molar-refractivity contribution in [2.75, 3.05) is 13.2 Å². The normalized spacial score (nSPS) is 15.1. The van der Waals surface area contributed by atoms with E-state index in [9.17, 15) is 4.79 Å². The van der Waals surface area contributed by atoms with Crippen molar-refractivity contribution in [3.63, 3.8) is 0 Å². The van der Waals surface area contributed by atoms with Gasteiger partial charge in [-0.3, -0.25) is 4.79 Å². The molecule has 1 aliphatic rings. The van der Waals surface area contributed by atoms with Crippen LogP contribution in [0.5, 0.6) is 5.88 Å². The molecule has 0 saturated carbocycles. The summed E-state index contributed by atoms with van der Waals surface area (Å²) >= 11 is 0. The fourth-order valence-corrected chi connectivity index (χ4v) is 3.75. The Morgan fingerprint density at radius 1 is 1.15 bits per heavy atom. The number of benzene rings is 1. The van der Waals surface area contributed by atoms with Gasteiger partial charge in [0.2, 0.25) is 5.88 Å². The molecule has 6 nitrogen and oxygen atoms in total. The number of pyridine rings is 1. The molecule has 34 heavy (non-hydrogen) atoms. The van der Waals surface area contributed by atoms with Gasteiger partial charge in [-0.25, -0.2) is 4.98 Å². The zero-order chi connectivity index (χ0) is 24.3. The van der Waals surface area contributed by atoms with Crippen LogP contribution in [0.4, 0.5) is 0 Å². The number of rotatable bonds is 11. The summed E-state index contributed by atoms with van der Waals surface area (Å²) in [5, 5.41) is 8.82. The van der Waals surface area contributed by atoms with Crippen LogP contribution >= 0.6 is 0 Å². The molecule has 1 aliphatic heterocycles. The van der Waals surface area contributed by atoms with Crippen molar-refractivity contribution in [3.05, 3.63) is 89.3 Å². The topological polar surface area (TPSA) is 77.9 Å². The second-order valence-corrected chi connectivity index (χ2v) is 8.45. The van der Waals surface area contributed by atoms with Gasteiger partial charge in [0.05, 0.1) is 25.2 Å². The van der Waals surface area contributed by atoms with Crippen LogP contribution in [0.2, 0.25) is 0 Å². The highest BCUT2D eigenvalue weighted by molar-refractivity contribution is 5.79. The summed E-state index contributed by atoms with van der Waals surface area (Å²) in [6, 6.07) is 13.5. The van der Waals surface area contributed by atoms with Gasteiger partial charge in [0.25, 0.3) is 0 Å². The monoisotopic (exact) mass is 463 g/mol. The minimum absolute atomic E-state index is 0.126. The molecule has 1 aromatic carbocycles. The first kappa shape index (κ1) is 25.2. The van der Waals surface area contributed by atoms with Crippen LogP contribution in [-0.2, 0) is 27.3 Å². The van der Waals surface area contributed by atoms with Crippen molar-refractivity contribution in [1.82, 2.24) is 4.98 Å². The molecule has 0 amide bonds. The van der Waals surface area contributed by atoms with Gasteiger partial charge in [-0.2, -0.15) is 0 Å². The van der Waals surface area contributed by atoms with Crippen LogP contribution in [-0.4, -0.2) is 35.4 Å². The zero-order valence-corrected chi connectivity index (χ0v) is 20.0. The lowest BCUT2D eigenvalue weighted by Gasteiger charge is -2.21. The van der Waals surface area contributed by atoms with Crippen LogP contribution in [0.25, 0.3) is 5.57 Å². The highest BCUT2D eigenvalue weighted by atomic mass is 16.5. The van der Waals surface area contributed by atoms with E-state index in [4.69, 9.17) is 24.3 Å². The summed E-state index contributed by atoms with van der Waals surface area (Å²) in [6.07, 6.45) is 6.38. The van der Waals surface area contributed by atoms with Gasteiger partial charge in [0.15, 0.2) is 0 Å². The summed E-state index contributed by atoms with van der Waals surface area (Å²) in [4.78, 5) is 15.4. The Kier molecular flexibility index (Phi) is 9.47. The van der Waals surface area contributed by atoms with E-state index in [0.29, 0.717) is 18.9 Å². The predicted octanol–water partition coefficient (Wildman–Crippen LogP) is 5.74. The summed E-state index contributed by atoms with van der Waals surface area (Å²) in [5.41, 5.74) is 5.66. The second kappa shape index (κ2) is 12.8. The largest absolute Gasteiger partial charge is 0.498 e.